The molecule has 178 valence electrons. The van der Waals surface area contributed by atoms with Gasteiger partial charge < -0.3 is 9.47 Å². The van der Waals surface area contributed by atoms with E-state index in [1.54, 1.807) is 24.3 Å². The molecule has 1 N–H and O–H groups in total. The number of fused-ring (bicyclic) bond motifs is 1. The number of aryl methyl sites for hydroxylation is 1. The third-order valence-electron chi connectivity index (χ3n) is 6.40. The third-order valence-corrected chi connectivity index (χ3v) is 7.09. The van der Waals surface area contributed by atoms with Gasteiger partial charge in [-0.15, -0.1) is 0 Å². The van der Waals surface area contributed by atoms with Crippen molar-refractivity contribution < 1.29 is 14.4 Å². The first kappa shape index (κ1) is 23.3. The van der Waals surface area contributed by atoms with Gasteiger partial charge in [-0.25, -0.2) is 0 Å². The van der Waals surface area contributed by atoms with Gasteiger partial charge in [0.05, 0.1) is 5.69 Å². The summed E-state index contributed by atoms with van der Waals surface area (Å²) in [6, 6.07) is 12.8. The largest absolute Gasteiger partial charge is 0.341 e. The minimum absolute atomic E-state index is 0.00397. The van der Waals surface area contributed by atoms with Crippen LogP contribution in [0.3, 0.4) is 0 Å². The van der Waals surface area contributed by atoms with E-state index < -0.39 is 11.8 Å². The zero-order valence-electron chi connectivity index (χ0n) is 19.1. The molecule has 3 heterocycles. The Balaban J connectivity index is 1.52. The topological polar surface area (TPSA) is 74.7 Å². The molecule has 2 fully saturated rings. The van der Waals surface area contributed by atoms with Crippen LogP contribution in [0.4, 0.5) is 5.69 Å². The number of carbonyl (C=O) groups is 3. The minimum atomic E-state index is -0.570. The average Bonchev–Trinajstić information content (AvgIpc) is 3.48. The molecule has 2 aliphatic heterocycles. The van der Waals surface area contributed by atoms with Crippen molar-refractivity contribution >= 4 is 69.3 Å². The molecule has 3 aromatic rings. The van der Waals surface area contributed by atoms with Gasteiger partial charge in [-0.2, -0.15) is 0 Å². The smallest absolute Gasteiger partial charge is 0.270 e. The van der Waals surface area contributed by atoms with Gasteiger partial charge >= 0.3 is 0 Å². The molecule has 2 saturated heterocycles. The van der Waals surface area contributed by atoms with Crippen molar-refractivity contribution in [1.29, 1.82) is 0 Å². The summed E-state index contributed by atoms with van der Waals surface area (Å²) in [5.41, 5.74) is 2.81. The highest BCUT2D eigenvalue weighted by Crippen LogP contribution is 2.29. The van der Waals surface area contributed by atoms with Crippen LogP contribution < -0.4 is 10.2 Å². The highest BCUT2D eigenvalue weighted by molar-refractivity contribution is 7.80. The van der Waals surface area contributed by atoms with E-state index in [9.17, 15) is 14.4 Å². The van der Waals surface area contributed by atoms with E-state index in [0.29, 0.717) is 16.3 Å². The number of benzene rings is 2. The van der Waals surface area contributed by atoms with Gasteiger partial charge in [0.1, 0.15) is 12.1 Å². The number of likely N-dealkylation sites (tertiary alicyclic amines) is 1. The first-order chi connectivity index (χ1) is 16.8. The third kappa shape index (κ3) is 4.35. The van der Waals surface area contributed by atoms with Crippen molar-refractivity contribution in [2.24, 2.45) is 0 Å². The van der Waals surface area contributed by atoms with Crippen LogP contribution in [-0.4, -0.2) is 45.4 Å². The Hall–Kier alpha value is -3.49. The van der Waals surface area contributed by atoms with E-state index in [-0.39, 0.29) is 23.1 Å². The SMILES string of the molecule is Cc1ccc(N2C(=O)/C(=C/c3cn(CC(=O)N4CCCC4)c4ccccc34)C(=O)NC2=S)cc1Cl. The van der Waals surface area contributed by atoms with E-state index in [0.717, 1.165) is 42.4 Å². The molecule has 0 bridgehead atoms. The van der Waals surface area contributed by atoms with Gasteiger partial charge in [-0.1, -0.05) is 35.9 Å². The molecule has 5 rings (SSSR count). The molecular formula is C26H23ClN4O3S. The fourth-order valence-electron chi connectivity index (χ4n) is 4.50. The highest BCUT2D eigenvalue weighted by atomic mass is 35.5. The summed E-state index contributed by atoms with van der Waals surface area (Å²) in [6.07, 6.45) is 5.42. The Morgan fingerprint density at radius 2 is 1.89 bits per heavy atom. The number of rotatable bonds is 4. The van der Waals surface area contributed by atoms with Gasteiger partial charge in [0, 0.05) is 40.8 Å². The lowest BCUT2D eigenvalue weighted by molar-refractivity contribution is -0.130. The summed E-state index contributed by atoms with van der Waals surface area (Å²) in [4.78, 5) is 42.2. The van der Waals surface area contributed by atoms with Crippen LogP contribution in [0.2, 0.25) is 5.02 Å². The number of anilines is 1. The van der Waals surface area contributed by atoms with E-state index in [1.807, 2.05) is 46.9 Å². The number of halogens is 1. The molecule has 9 heteroatoms. The first-order valence-electron chi connectivity index (χ1n) is 11.4. The van der Waals surface area contributed by atoms with Gasteiger partial charge in [0.15, 0.2) is 5.11 Å². The fraction of sp³-hybridized carbons (Fsp3) is 0.231. The van der Waals surface area contributed by atoms with Crippen LogP contribution in [0, 0.1) is 6.92 Å². The number of hydrogen-bond acceptors (Lipinski definition) is 4. The summed E-state index contributed by atoms with van der Waals surface area (Å²) in [5.74, 6) is -1.05. The van der Waals surface area contributed by atoms with Gasteiger partial charge in [-0.3, -0.25) is 24.6 Å². The summed E-state index contributed by atoms with van der Waals surface area (Å²) >= 11 is 11.6. The second kappa shape index (κ2) is 9.28. The second-order valence-electron chi connectivity index (χ2n) is 8.71. The van der Waals surface area contributed by atoms with E-state index in [1.165, 1.54) is 4.90 Å². The maximum Gasteiger partial charge on any atom is 0.270 e. The lowest BCUT2D eigenvalue weighted by atomic mass is 10.1. The number of amides is 3. The number of carbonyl (C=O) groups excluding carboxylic acids is 3. The molecule has 2 aliphatic rings. The predicted molar refractivity (Wildman–Crippen MR) is 140 cm³/mol. The predicted octanol–water partition coefficient (Wildman–Crippen LogP) is 4.06. The molecule has 0 radical (unpaired) electrons. The lowest BCUT2D eigenvalue weighted by Gasteiger charge is -2.29. The quantitative estimate of drug-likeness (QED) is 0.329. The molecule has 7 nitrogen and oxygen atoms in total. The van der Waals surface area contributed by atoms with Crippen LogP contribution in [0.1, 0.15) is 24.0 Å². The van der Waals surface area contributed by atoms with Crippen molar-refractivity contribution in [3.05, 3.63) is 70.4 Å². The zero-order valence-corrected chi connectivity index (χ0v) is 20.7. The molecular weight excluding hydrogens is 484 g/mol. The number of aromatic nitrogens is 1. The van der Waals surface area contributed by atoms with Gasteiger partial charge in [0.25, 0.3) is 11.8 Å². The van der Waals surface area contributed by atoms with Crippen molar-refractivity contribution in [3.8, 4) is 0 Å². The lowest BCUT2D eigenvalue weighted by Crippen LogP contribution is -2.54. The van der Waals surface area contributed by atoms with Crippen LogP contribution >= 0.6 is 23.8 Å². The monoisotopic (exact) mass is 506 g/mol. The summed E-state index contributed by atoms with van der Waals surface area (Å²) in [6.45, 7) is 3.62. The average molecular weight is 507 g/mol. The van der Waals surface area contributed by atoms with E-state index in [4.69, 9.17) is 23.8 Å². The summed E-state index contributed by atoms with van der Waals surface area (Å²) in [5, 5.41) is 3.93. The van der Waals surface area contributed by atoms with Crippen molar-refractivity contribution in [2.45, 2.75) is 26.3 Å². The molecule has 0 atom stereocenters. The molecule has 0 aliphatic carbocycles. The molecule has 0 saturated carbocycles. The number of nitrogens with zero attached hydrogens (tertiary/aromatic N) is 3. The minimum Gasteiger partial charge on any atom is -0.341 e. The van der Waals surface area contributed by atoms with Crippen LogP contribution in [0.25, 0.3) is 17.0 Å². The van der Waals surface area contributed by atoms with E-state index >= 15 is 0 Å². The van der Waals surface area contributed by atoms with Crippen molar-refractivity contribution in [1.82, 2.24) is 14.8 Å². The van der Waals surface area contributed by atoms with Crippen LogP contribution in [0.15, 0.2) is 54.2 Å². The van der Waals surface area contributed by atoms with Gasteiger partial charge in [-0.05, 0) is 61.8 Å². The number of thiocarbonyl (C=S) groups is 1. The Bertz CT molecular complexity index is 1420. The maximum atomic E-state index is 13.4. The summed E-state index contributed by atoms with van der Waals surface area (Å²) in [7, 11) is 0. The maximum absolute atomic E-state index is 13.4. The Labute approximate surface area is 212 Å². The van der Waals surface area contributed by atoms with Crippen molar-refractivity contribution in [3.63, 3.8) is 0 Å². The van der Waals surface area contributed by atoms with Gasteiger partial charge in [0.2, 0.25) is 5.91 Å². The molecule has 35 heavy (non-hydrogen) atoms. The highest BCUT2D eigenvalue weighted by Gasteiger charge is 2.35. The first-order valence-corrected chi connectivity index (χ1v) is 12.2. The molecule has 2 aromatic carbocycles. The number of para-hydroxylation sites is 1. The van der Waals surface area contributed by atoms with E-state index in [2.05, 4.69) is 5.32 Å². The second-order valence-corrected chi connectivity index (χ2v) is 9.50. The molecule has 0 unspecified atom stereocenters. The molecule has 1 aromatic heterocycles. The standard InChI is InChI=1S/C26H23ClN4O3S/c1-16-8-9-18(13-21(16)27)31-25(34)20(24(33)28-26(31)35)12-17-14-30(22-7-3-2-6-19(17)22)15-23(32)29-10-4-5-11-29/h2-3,6-9,12-14H,4-5,10-11,15H2,1H3,(H,28,33,35)/b20-12+. The Morgan fingerprint density at radius 1 is 1.14 bits per heavy atom. The Kier molecular flexibility index (Phi) is 6.17. The Morgan fingerprint density at radius 3 is 2.63 bits per heavy atom. The number of hydrogen-bond donors (Lipinski definition) is 1. The van der Waals surface area contributed by atoms with Crippen LogP contribution in [-0.2, 0) is 20.9 Å². The fourth-order valence-corrected chi connectivity index (χ4v) is 4.96. The molecule has 0 spiro atoms. The van der Waals surface area contributed by atoms with Crippen LogP contribution in [0.5, 0.6) is 0 Å². The number of nitrogens with one attached hydrogen (secondary N) is 1. The normalized spacial score (nSPS) is 17.5. The zero-order chi connectivity index (χ0) is 24.7. The summed E-state index contributed by atoms with van der Waals surface area (Å²) < 4.78 is 1.87. The van der Waals surface area contributed by atoms with Crippen molar-refractivity contribution in [2.75, 3.05) is 18.0 Å². The molecule has 3 amide bonds.